The van der Waals surface area contributed by atoms with E-state index in [1.807, 2.05) is 0 Å². The molecule has 0 spiro atoms. The summed E-state index contributed by atoms with van der Waals surface area (Å²) >= 11 is 0. The number of para-hydroxylation sites is 1. The zero-order valence-electron chi connectivity index (χ0n) is 14.8. The fraction of sp³-hybridized carbons (Fsp3) is 0.529. The molecule has 1 aliphatic carbocycles. The molecule has 0 bridgehead atoms. The van der Waals surface area contributed by atoms with Crippen molar-refractivity contribution in [3.05, 3.63) is 36.0 Å². The molecule has 3 rings (SSSR count). The lowest BCUT2D eigenvalue weighted by Gasteiger charge is -2.30. The van der Waals surface area contributed by atoms with Crippen LogP contribution in [-0.2, 0) is 15.6 Å². The first-order valence-corrected chi connectivity index (χ1v) is 10.2. The monoisotopic (exact) mass is 401 g/mol. The van der Waals surface area contributed by atoms with Gasteiger partial charge in [-0.1, -0.05) is 43.0 Å². The second kappa shape index (κ2) is 7.89. The molecule has 1 heterocycles. The highest BCUT2D eigenvalue weighted by molar-refractivity contribution is 7.89. The first-order valence-electron chi connectivity index (χ1n) is 8.71. The van der Waals surface area contributed by atoms with Crippen molar-refractivity contribution in [3.8, 4) is 5.75 Å². The van der Waals surface area contributed by atoms with Crippen LogP contribution in [0.1, 0.15) is 50.2 Å². The maximum atomic E-state index is 13.1. The normalized spacial score (nSPS) is 17.6. The number of nitrogens with zero attached hydrogens (tertiary/aromatic N) is 2. The second-order valence-corrected chi connectivity index (χ2v) is 8.21. The van der Waals surface area contributed by atoms with Gasteiger partial charge in [0, 0.05) is 6.92 Å². The van der Waals surface area contributed by atoms with Gasteiger partial charge < -0.3 is 9.26 Å². The van der Waals surface area contributed by atoms with Crippen molar-refractivity contribution in [2.75, 3.05) is 0 Å². The molecule has 0 radical (unpaired) electrons. The van der Waals surface area contributed by atoms with Gasteiger partial charge in [0.15, 0.2) is 5.82 Å². The average Bonchev–Trinajstić information content (AvgIpc) is 2.91. The number of aryl methyl sites for hydroxylation is 1. The van der Waals surface area contributed by atoms with Crippen molar-refractivity contribution in [2.24, 2.45) is 0 Å². The third-order valence-electron chi connectivity index (χ3n) is 4.60. The van der Waals surface area contributed by atoms with Gasteiger partial charge in [0.1, 0.15) is 10.6 Å². The average molecular weight is 401 g/mol. The van der Waals surface area contributed by atoms with Gasteiger partial charge in [-0.15, -0.1) is 0 Å². The summed E-state index contributed by atoms with van der Waals surface area (Å²) in [5, 5.41) is 3.94. The van der Waals surface area contributed by atoms with Crippen LogP contribution in [0.2, 0.25) is 0 Å². The minimum absolute atomic E-state index is 0.262. The molecular formula is C17H21F2N3O4S. The Morgan fingerprint density at radius 2 is 1.85 bits per heavy atom. The number of hydrogen-bond donors (Lipinski definition) is 1. The molecule has 2 aromatic rings. The number of nitrogens with one attached hydrogen (secondary N) is 1. The Kier molecular flexibility index (Phi) is 5.75. The number of sulfonamides is 1. The molecule has 0 amide bonds. The maximum absolute atomic E-state index is 13.1. The largest absolute Gasteiger partial charge is 0.433 e. The summed E-state index contributed by atoms with van der Waals surface area (Å²) in [5.41, 5.74) is -1.05. The number of aromatic nitrogens is 2. The van der Waals surface area contributed by atoms with Gasteiger partial charge in [-0.2, -0.15) is 18.5 Å². The number of halogens is 2. The molecule has 10 heteroatoms. The van der Waals surface area contributed by atoms with Gasteiger partial charge in [0.2, 0.25) is 15.9 Å². The molecule has 1 N–H and O–H groups in total. The first kappa shape index (κ1) is 19.7. The van der Waals surface area contributed by atoms with Crippen LogP contribution >= 0.6 is 0 Å². The zero-order valence-corrected chi connectivity index (χ0v) is 15.6. The van der Waals surface area contributed by atoms with Gasteiger partial charge in [-0.25, -0.2) is 8.42 Å². The van der Waals surface area contributed by atoms with Crippen LogP contribution in [0.5, 0.6) is 5.75 Å². The lowest BCUT2D eigenvalue weighted by molar-refractivity contribution is -0.0517. The summed E-state index contributed by atoms with van der Waals surface area (Å²) in [6, 6.07) is 5.30. The Bertz CT molecular complexity index is 878. The Morgan fingerprint density at radius 3 is 2.44 bits per heavy atom. The van der Waals surface area contributed by atoms with Crippen molar-refractivity contribution in [1.29, 1.82) is 0 Å². The smallest absolute Gasteiger partial charge is 0.387 e. The Hall–Kier alpha value is -2.07. The van der Waals surface area contributed by atoms with E-state index in [0.717, 1.165) is 25.7 Å². The molecule has 0 unspecified atom stereocenters. The van der Waals surface area contributed by atoms with Crippen LogP contribution in [0, 0.1) is 6.92 Å². The fourth-order valence-electron chi connectivity index (χ4n) is 3.37. The molecule has 1 aliphatic rings. The summed E-state index contributed by atoms with van der Waals surface area (Å²) < 4.78 is 63.6. The van der Waals surface area contributed by atoms with Crippen molar-refractivity contribution in [3.63, 3.8) is 0 Å². The van der Waals surface area contributed by atoms with E-state index < -0.39 is 27.9 Å². The topological polar surface area (TPSA) is 94.3 Å². The van der Waals surface area contributed by atoms with Crippen molar-refractivity contribution < 1.29 is 26.5 Å². The van der Waals surface area contributed by atoms with E-state index in [-0.39, 0.29) is 10.7 Å². The van der Waals surface area contributed by atoms with E-state index in [2.05, 4.69) is 19.6 Å². The number of ether oxygens (including phenoxy) is 1. The van der Waals surface area contributed by atoms with Gasteiger partial charge in [-0.05, 0) is 25.0 Å². The summed E-state index contributed by atoms with van der Waals surface area (Å²) in [5.74, 6) is 0.181. The van der Waals surface area contributed by atoms with Crippen LogP contribution < -0.4 is 9.46 Å². The third-order valence-corrected chi connectivity index (χ3v) is 6.17. The van der Waals surface area contributed by atoms with Crippen molar-refractivity contribution in [2.45, 2.75) is 62.5 Å². The molecule has 1 fully saturated rings. The predicted octanol–water partition coefficient (Wildman–Crippen LogP) is 3.51. The molecule has 0 atom stereocenters. The fourth-order valence-corrected chi connectivity index (χ4v) is 4.93. The molecular weight excluding hydrogens is 380 g/mol. The van der Waals surface area contributed by atoms with Crippen LogP contribution in [-0.4, -0.2) is 25.2 Å². The van der Waals surface area contributed by atoms with Crippen LogP contribution in [0.4, 0.5) is 8.78 Å². The molecule has 1 aromatic carbocycles. The van der Waals surface area contributed by atoms with E-state index in [4.69, 9.17) is 4.52 Å². The Balaban J connectivity index is 2.00. The summed E-state index contributed by atoms with van der Waals surface area (Å²) in [4.78, 5) is 3.89. The molecule has 148 valence electrons. The minimum atomic E-state index is -4.18. The standard InChI is InChI=1S/C17H21F2N3O4S/c1-12-20-15(21-26-12)17(10-6-2-3-7-11-17)22-27(23,24)14-9-5-4-8-13(14)25-16(18)19/h4-5,8-9,16,22H,2-3,6-7,10-11H2,1H3. The van der Waals surface area contributed by atoms with E-state index in [1.165, 1.54) is 24.3 Å². The molecule has 1 aromatic heterocycles. The van der Waals surface area contributed by atoms with E-state index in [0.29, 0.717) is 18.7 Å². The van der Waals surface area contributed by atoms with Gasteiger partial charge in [0.25, 0.3) is 0 Å². The summed E-state index contributed by atoms with van der Waals surface area (Å²) in [7, 11) is -4.18. The first-order chi connectivity index (χ1) is 12.8. The SMILES string of the molecule is Cc1nc(C2(NS(=O)(=O)c3ccccc3OC(F)F)CCCCCC2)no1. The number of alkyl halides is 2. The molecule has 27 heavy (non-hydrogen) atoms. The second-order valence-electron chi connectivity index (χ2n) is 6.56. The lowest BCUT2D eigenvalue weighted by atomic mass is 9.91. The van der Waals surface area contributed by atoms with Gasteiger partial charge in [0.05, 0.1) is 5.54 Å². The quantitative estimate of drug-likeness (QED) is 0.745. The van der Waals surface area contributed by atoms with Crippen LogP contribution in [0.25, 0.3) is 0 Å². The lowest BCUT2D eigenvalue weighted by Crippen LogP contribution is -2.46. The van der Waals surface area contributed by atoms with Gasteiger partial charge in [-0.3, -0.25) is 0 Å². The highest BCUT2D eigenvalue weighted by atomic mass is 32.2. The number of benzene rings is 1. The number of hydrogen-bond acceptors (Lipinski definition) is 6. The number of rotatable bonds is 6. The zero-order chi connectivity index (χ0) is 19.5. The Labute approximate surface area is 156 Å². The minimum Gasteiger partial charge on any atom is -0.433 e. The van der Waals surface area contributed by atoms with Crippen molar-refractivity contribution >= 4 is 10.0 Å². The van der Waals surface area contributed by atoms with E-state index in [9.17, 15) is 17.2 Å². The Morgan fingerprint density at radius 1 is 1.19 bits per heavy atom. The van der Waals surface area contributed by atoms with Crippen LogP contribution in [0.3, 0.4) is 0 Å². The van der Waals surface area contributed by atoms with Crippen molar-refractivity contribution in [1.82, 2.24) is 14.9 Å². The van der Waals surface area contributed by atoms with E-state index >= 15 is 0 Å². The molecule has 7 nitrogen and oxygen atoms in total. The molecule has 0 saturated heterocycles. The predicted molar refractivity (Wildman–Crippen MR) is 91.8 cm³/mol. The third kappa shape index (κ3) is 4.44. The molecule has 1 saturated carbocycles. The molecule has 0 aliphatic heterocycles. The summed E-state index contributed by atoms with van der Waals surface area (Å²) in [6.07, 6.45) is 4.47. The highest BCUT2D eigenvalue weighted by Gasteiger charge is 2.42. The maximum Gasteiger partial charge on any atom is 0.387 e. The van der Waals surface area contributed by atoms with E-state index in [1.54, 1.807) is 6.92 Å². The summed E-state index contributed by atoms with van der Waals surface area (Å²) in [6.45, 7) is -1.51. The van der Waals surface area contributed by atoms with Gasteiger partial charge >= 0.3 is 6.61 Å². The highest BCUT2D eigenvalue weighted by Crippen LogP contribution is 2.37. The van der Waals surface area contributed by atoms with Crippen LogP contribution in [0.15, 0.2) is 33.7 Å².